The number of amides is 1. The molecule has 1 N–H and O–H groups in total. The number of hydrogen-bond donors (Lipinski definition) is 1. The molecule has 0 unspecified atom stereocenters. The van der Waals surface area contributed by atoms with E-state index >= 15 is 0 Å². The SMILES string of the molecule is COc1ccc(-c2nnc(SCC(=O)N/N=C(/C)c3ccc(Cl)c(Cl)c3)n2-c2ccc(C)cc2)cc1. The Morgan fingerprint density at radius 1 is 1.03 bits per heavy atom. The van der Waals surface area contributed by atoms with Gasteiger partial charge in [0.25, 0.3) is 5.91 Å². The van der Waals surface area contributed by atoms with Crippen molar-refractivity contribution in [3.8, 4) is 22.8 Å². The van der Waals surface area contributed by atoms with Crippen molar-refractivity contribution in [2.24, 2.45) is 5.10 Å². The van der Waals surface area contributed by atoms with Crippen LogP contribution in [0.15, 0.2) is 77.0 Å². The second-order valence-corrected chi connectivity index (χ2v) is 9.61. The van der Waals surface area contributed by atoms with E-state index in [1.165, 1.54) is 11.8 Å². The quantitative estimate of drug-likeness (QED) is 0.164. The van der Waals surface area contributed by atoms with Crippen molar-refractivity contribution in [3.05, 3.63) is 87.9 Å². The molecule has 0 aliphatic heterocycles. The van der Waals surface area contributed by atoms with Crippen LogP contribution in [0.1, 0.15) is 18.1 Å². The first-order chi connectivity index (χ1) is 17.4. The van der Waals surface area contributed by atoms with E-state index in [2.05, 4.69) is 20.7 Å². The highest BCUT2D eigenvalue weighted by Crippen LogP contribution is 2.29. The normalized spacial score (nSPS) is 11.4. The van der Waals surface area contributed by atoms with E-state index in [-0.39, 0.29) is 11.7 Å². The first kappa shape index (κ1) is 25.8. The molecule has 4 aromatic rings. The molecule has 0 bridgehead atoms. The number of ether oxygens (including phenoxy) is 1. The van der Waals surface area contributed by atoms with Gasteiger partial charge < -0.3 is 4.74 Å². The fraction of sp³-hybridized carbons (Fsp3) is 0.154. The zero-order valence-electron chi connectivity index (χ0n) is 19.8. The van der Waals surface area contributed by atoms with Crippen LogP contribution in [0.4, 0.5) is 0 Å². The van der Waals surface area contributed by atoms with E-state index in [0.717, 1.165) is 28.1 Å². The molecule has 1 amide bonds. The molecule has 0 saturated heterocycles. The molecule has 7 nitrogen and oxygen atoms in total. The second-order valence-electron chi connectivity index (χ2n) is 7.86. The van der Waals surface area contributed by atoms with Gasteiger partial charge in [0, 0.05) is 11.3 Å². The monoisotopic (exact) mass is 539 g/mol. The Hall–Kier alpha value is -3.33. The summed E-state index contributed by atoms with van der Waals surface area (Å²) in [5, 5.41) is 14.4. The number of carbonyl (C=O) groups excluding carboxylic acids is 1. The Kier molecular flexibility index (Phi) is 8.30. The third kappa shape index (κ3) is 6.07. The lowest BCUT2D eigenvalue weighted by molar-refractivity contribution is -0.118. The third-order valence-electron chi connectivity index (χ3n) is 5.29. The number of aryl methyl sites for hydroxylation is 1. The molecule has 0 fully saturated rings. The van der Waals surface area contributed by atoms with Crippen LogP contribution in [0.25, 0.3) is 17.1 Å². The van der Waals surface area contributed by atoms with E-state index in [1.54, 1.807) is 32.2 Å². The molecule has 4 rings (SSSR count). The Morgan fingerprint density at radius 3 is 2.42 bits per heavy atom. The van der Waals surface area contributed by atoms with Gasteiger partial charge in [0.15, 0.2) is 11.0 Å². The van der Waals surface area contributed by atoms with Crippen LogP contribution in [0, 0.1) is 6.92 Å². The number of hydrazone groups is 1. The number of aromatic nitrogens is 3. The van der Waals surface area contributed by atoms with Crippen LogP contribution in [0.3, 0.4) is 0 Å². The molecule has 184 valence electrons. The molecule has 36 heavy (non-hydrogen) atoms. The van der Waals surface area contributed by atoms with E-state index < -0.39 is 0 Å². The van der Waals surface area contributed by atoms with Gasteiger partial charge in [0.1, 0.15) is 5.75 Å². The van der Waals surface area contributed by atoms with Crippen molar-refractivity contribution in [2.75, 3.05) is 12.9 Å². The van der Waals surface area contributed by atoms with Gasteiger partial charge in [0.05, 0.1) is 28.6 Å². The van der Waals surface area contributed by atoms with Crippen molar-refractivity contribution < 1.29 is 9.53 Å². The summed E-state index contributed by atoms with van der Waals surface area (Å²) >= 11 is 13.3. The molecule has 3 aromatic carbocycles. The molecular weight excluding hydrogens is 517 g/mol. The molecule has 1 heterocycles. The maximum absolute atomic E-state index is 12.6. The minimum atomic E-state index is -0.274. The standard InChI is InChI=1S/C26H23Cl2N5O2S/c1-16-4-9-20(10-5-16)33-25(18-6-11-21(35-3)12-7-18)31-32-26(33)36-15-24(34)30-29-17(2)19-8-13-22(27)23(28)14-19/h4-14H,15H2,1-3H3,(H,30,34)/b29-17-. The molecule has 0 radical (unpaired) electrons. The summed E-state index contributed by atoms with van der Waals surface area (Å²) in [6.07, 6.45) is 0. The van der Waals surface area contributed by atoms with Gasteiger partial charge in [-0.3, -0.25) is 9.36 Å². The van der Waals surface area contributed by atoms with Gasteiger partial charge in [-0.05, 0) is 67.9 Å². The third-order valence-corrected chi connectivity index (χ3v) is 6.96. The molecule has 1 aromatic heterocycles. The number of methoxy groups -OCH3 is 1. The van der Waals surface area contributed by atoms with Crippen molar-refractivity contribution in [1.82, 2.24) is 20.2 Å². The summed E-state index contributed by atoms with van der Waals surface area (Å²) in [7, 11) is 1.62. The van der Waals surface area contributed by atoms with Crippen LogP contribution < -0.4 is 10.2 Å². The average molecular weight is 540 g/mol. The second kappa shape index (κ2) is 11.6. The maximum Gasteiger partial charge on any atom is 0.250 e. The summed E-state index contributed by atoms with van der Waals surface area (Å²) in [4.78, 5) is 12.6. The lowest BCUT2D eigenvalue weighted by atomic mass is 10.1. The summed E-state index contributed by atoms with van der Waals surface area (Å²) in [5.41, 5.74) is 6.87. The Labute approximate surface area is 223 Å². The predicted octanol–water partition coefficient (Wildman–Crippen LogP) is 6.19. The Balaban J connectivity index is 1.53. The summed E-state index contributed by atoms with van der Waals surface area (Å²) in [5.74, 6) is 1.25. The molecule has 0 aliphatic carbocycles. The van der Waals surface area contributed by atoms with Gasteiger partial charge in [0.2, 0.25) is 0 Å². The number of halogens is 2. The van der Waals surface area contributed by atoms with E-state index in [9.17, 15) is 4.79 Å². The minimum absolute atomic E-state index is 0.102. The van der Waals surface area contributed by atoms with Crippen molar-refractivity contribution in [1.29, 1.82) is 0 Å². The topological polar surface area (TPSA) is 81.4 Å². The summed E-state index contributed by atoms with van der Waals surface area (Å²) < 4.78 is 7.20. The van der Waals surface area contributed by atoms with Crippen LogP contribution in [0.2, 0.25) is 10.0 Å². The first-order valence-corrected chi connectivity index (χ1v) is 12.7. The highest BCUT2D eigenvalue weighted by Gasteiger charge is 2.17. The molecule has 0 atom stereocenters. The number of nitrogens with zero attached hydrogens (tertiary/aromatic N) is 4. The predicted molar refractivity (Wildman–Crippen MR) is 146 cm³/mol. The lowest BCUT2D eigenvalue weighted by Gasteiger charge is -2.11. The average Bonchev–Trinajstić information content (AvgIpc) is 3.32. The largest absolute Gasteiger partial charge is 0.497 e. The van der Waals surface area contributed by atoms with Crippen LogP contribution >= 0.6 is 35.0 Å². The fourth-order valence-corrected chi connectivity index (χ4v) is 4.35. The van der Waals surface area contributed by atoms with Crippen LogP contribution in [-0.2, 0) is 4.79 Å². The van der Waals surface area contributed by atoms with Gasteiger partial charge in [-0.1, -0.05) is 58.7 Å². The van der Waals surface area contributed by atoms with Crippen LogP contribution in [0.5, 0.6) is 5.75 Å². The van der Waals surface area contributed by atoms with Crippen molar-refractivity contribution in [2.45, 2.75) is 19.0 Å². The minimum Gasteiger partial charge on any atom is -0.497 e. The molecule has 0 saturated carbocycles. The summed E-state index contributed by atoms with van der Waals surface area (Å²) in [6, 6.07) is 20.8. The van der Waals surface area contributed by atoms with E-state index in [1.807, 2.05) is 60.0 Å². The van der Waals surface area contributed by atoms with Crippen LogP contribution in [-0.4, -0.2) is 39.2 Å². The van der Waals surface area contributed by atoms with E-state index in [4.69, 9.17) is 27.9 Å². The van der Waals surface area contributed by atoms with Crippen molar-refractivity contribution >= 4 is 46.6 Å². The van der Waals surface area contributed by atoms with Gasteiger partial charge in [-0.15, -0.1) is 10.2 Å². The Bertz CT molecular complexity index is 1400. The smallest absolute Gasteiger partial charge is 0.250 e. The Morgan fingerprint density at radius 2 is 1.75 bits per heavy atom. The lowest BCUT2D eigenvalue weighted by Crippen LogP contribution is -2.21. The zero-order chi connectivity index (χ0) is 25.7. The number of hydrogen-bond acceptors (Lipinski definition) is 6. The molecule has 0 spiro atoms. The van der Waals surface area contributed by atoms with Gasteiger partial charge >= 0.3 is 0 Å². The number of benzene rings is 3. The number of nitrogens with one attached hydrogen (secondary N) is 1. The number of rotatable bonds is 8. The number of carbonyl (C=O) groups is 1. The first-order valence-electron chi connectivity index (χ1n) is 10.9. The maximum atomic E-state index is 12.6. The molecule has 0 aliphatic rings. The molecule has 10 heteroatoms. The van der Waals surface area contributed by atoms with Gasteiger partial charge in [-0.2, -0.15) is 5.10 Å². The fourth-order valence-electron chi connectivity index (χ4n) is 3.31. The summed E-state index contributed by atoms with van der Waals surface area (Å²) in [6.45, 7) is 3.81. The number of thioether (sulfide) groups is 1. The zero-order valence-corrected chi connectivity index (χ0v) is 22.2. The highest BCUT2D eigenvalue weighted by atomic mass is 35.5. The van der Waals surface area contributed by atoms with Gasteiger partial charge in [-0.25, -0.2) is 5.43 Å². The molecular formula is C26H23Cl2N5O2S. The van der Waals surface area contributed by atoms with E-state index in [0.29, 0.717) is 26.7 Å². The highest BCUT2D eigenvalue weighted by molar-refractivity contribution is 7.99. The van der Waals surface area contributed by atoms with Crippen molar-refractivity contribution in [3.63, 3.8) is 0 Å².